The maximum Gasteiger partial charge on any atom is 0.332 e. The van der Waals surface area contributed by atoms with Crippen molar-refractivity contribution in [1.29, 1.82) is 0 Å². The SMILES string of the molecule is CC(=O)O/N=C(/C(=O)c1ccc(Sc2ccc(C(=O)c3ccc(N4CCOCC4)cc3)cc2)cc1)C1=C(C)C=CCC1C. The molecule has 0 amide bonds. The van der Waals surface area contributed by atoms with E-state index in [0.29, 0.717) is 16.7 Å². The molecule has 1 unspecified atom stereocenters. The van der Waals surface area contributed by atoms with E-state index in [1.807, 2.05) is 80.6 Å². The number of oxime groups is 1. The van der Waals surface area contributed by atoms with E-state index < -0.39 is 5.97 Å². The second kappa shape index (κ2) is 13.8. The average molecular weight is 595 g/mol. The van der Waals surface area contributed by atoms with Crippen molar-refractivity contribution in [3.05, 3.63) is 113 Å². The molecular weight excluding hydrogens is 560 g/mol. The molecular formula is C35H34N2O5S. The predicted molar refractivity (Wildman–Crippen MR) is 169 cm³/mol. The first-order chi connectivity index (χ1) is 20.8. The summed E-state index contributed by atoms with van der Waals surface area (Å²) in [7, 11) is 0. The number of benzene rings is 3. The Hall–Kier alpha value is -4.27. The van der Waals surface area contributed by atoms with E-state index in [1.54, 1.807) is 12.1 Å². The van der Waals surface area contributed by atoms with E-state index in [0.717, 1.165) is 59.3 Å². The highest BCUT2D eigenvalue weighted by Gasteiger charge is 2.26. The lowest BCUT2D eigenvalue weighted by atomic mass is 9.83. The summed E-state index contributed by atoms with van der Waals surface area (Å²) in [5.74, 6) is -0.825. The van der Waals surface area contributed by atoms with Gasteiger partial charge < -0.3 is 14.5 Å². The maximum absolute atomic E-state index is 13.5. The normalized spacial score (nSPS) is 17.1. The van der Waals surface area contributed by atoms with Crippen molar-refractivity contribution < 1.29 is 24.0 Å². The Morgan fingerprint density at radius 2 is 1.42 bits per heavy atom. The number of anilines is 1. The summed E-state index contributed by atoms with van der Waals surface area (Å²) in [6.07, 6.45) is 4.81. The van der Waals surface area contributed by atoms with Gasteiger partial charge in [-0.15, -0.1) is 0 Å². The first-order valence-electron chi connectivity index (χ1n) is 14.3. The summed E-state index contributed by atoms with van der Waals surface area (Å²) in [4.78, 5) is 47.2. The van der Waals surface area contributed by atoms with Crippen molar-refractivity contribution in [2.75, 3.05) is 31.2 Å². The highest BCUT2D eigenvalue weighted by atomic mass is 32.2. The molecule has 0 bridgehead atoms. The Kier molecular flexibility index (Phi) is 9.69. The molecule has 3 aromatic rings. The van der Waals surface area contributed by atoms with Gasteiger partial charge in [-0.05, 0) is 103 Å². The molecule has 1 aliphatic carbocycles. The van der Waals surface area contributed by atoms with Gasteiger partial charge in [0, 0.05) is 52.2 Å². The number of nitrogens with zero attached hydrogens (tertiary/aromatic N) is 2. The van der Waals surface area contributed by atoms with Crippen LogP contribution in [0.15, 0.2) is 111 Å². The zero-order valence-electron chi connectivity index (χ0n) is 24.5. The molecule has 7 nitrogen and oxygen atoms in total. The van der Waals surface area contributed by atoms with Crippen LogP contribution < -0.4 is 4.90 Å². The van der Waals surface area contributed by atoms with Crippen LogP contribution in [0.5, 0.6) is 0 Å². The lowest BCUT2D eigenvalue weighted by Crippen LogP contribution is -2.36. The third-order valence-electron chi connectivity index (χ3n) is 7.49. The first-order valence-corrected chi connectivity index (χ1v) is 15.1. The summed E-state index contributed by atoms with van der Waals surface area (Å²) in [6, 6.07) is 22.5. The zero-order valence-corrected chi connectivity index (χ0v) is 25.4. The number of hydrogen-bond acceptors (Lipinski definition) is 8. The largest absolute Gasteiger partial charge is 0.378 e. The summed E-state index contributed by atoms with van der Waals surface area (Å²) in [5, 5.41) is 3.97. The van der Waals surface area contributed by atoms with Gasteiger partial charge in [0.25, 0.3) is 0 Å². The Balaban J connectivity index is 1.25. The molecule has 5 rings (SSSR count). The standard InChI is InChI=1S/C35H34N2O5S/c1-23-5-4-6-24(2)32(23)33(36-42-25(3)38)35(40)28-11-17-31(18-12-28)43-30-15-9-27(10-16-30)34(39)26-7-13-29(14-8-26)37-19-21-41-22-20-37/h4-5,7-18,24H,6,19-22H2,1-3H3/b36-33+. The van der Waals surface area contributed by atoms with Gasteiger partial charge in [0.1, 0.15) is 0 Å². The fourth-order valence-corrected chi connectivity index (χ4v) is 6.04. The molecule has 0 aromatic heterocycles. The fraction of sp³-hybridized carbons (Fsp3) is 0.257. The van der Waals surface area contributed by atoms with Gasteiger partial charge in [-0.3, -0.25) is 9.59 Å². The van der Waals surface area contributed by atoms with Gasteiger partial charge in [0.15, 0.2) is 11.5 Å². The Bertz CT molecular complexity index is 1580. The first kappa shape index (κ1) is 30.2. The molecule has 0 spiro atoms. The van der Waals surface area contributed by atoms with Crippen molar-refractivity contribution >= 4 is 40.7 Å². The van der Waals surface area contributed by atoms with Gasteiger partial charge >= 0.3 is 5.97 Å². The molecule has 0 N–H and O–H groups in total. The van der Waals surface area contributed by atoms with Crippen LogP contribution in [0.4, 0.5) is 5.69 Å². The fourth-order valence-electron chi connectivity index (χ4n) is 5.22. The van der Waals surface area contributed by atoms with Crippen LogP contribution >= 0.6 is 11.8 Å². The number of allylic oxidation sites excluding steroid dienone is 4. The number of ether oxygens (including phenoxy) is 1. The second-order valence-electron chi connectivity index (χ2n) is 10.6. The molecule has 1 saturated heterocycles. The number of hydrogen-bond donors (Lipinski definition) is 0. The molecule has 1 aliphatic heterocycles. The topological polar surface area (TPSA) is 85.3 Å². The smallest absolute Gasteiger partial charge is 0.332 e. The number of carbonyl (C=O) groups is 3. The van der Waals surface area contributed by atoms with Crippen LogP contribution in [-0.2, 0) is 14.4 Å². The Morgan fingerprint density at radius 1 is 0.860 bits per heavy atom. The lowest BCUT2D eigenvalue weighted by molar-refractivity contribution is -0.140. The van der Waals surface area contributed by atoms with Crippen LogP contribution in [-0.4, -0.2) is 49.6 Å². The zero-order chi connectivity index (χ0) is 30.3. The number of morpholine rings is 1. The number of rotatable bonds is 9. The summed E-state index contributed by atoms with van der Waals surface area (Å²) < 4.78 is 5.42. The van der Waals surface area contributed by atoms with E-state index in [2.05, 4.69) is 16.1 Å². The molecule has 1 atom stereocenters. The van der Waals surface area contributed by atoms with Gasteiger partial charge in [-0.2, -0.15) is 0 Å². The maximum atomic E-state index is 13.5. The minimum atomic E-state index is -0.580. The quantitative estimate of drug-likeness (QED) is 0.115. The third kappa shape index (κ3) is 7.39. The van der Waals surface area contributed by atoms with Gasteiger partial charge in [0.2, 0.25) is 5.78 Å². The number of Topliss-reactive ketones (excluding diaryl/α,β-unsaturated/α-hetero) is 1. The van der Waals surface area contributed by atoms with Crippen LogP contribution in [0.25, 0.3) is 0 Å². The van der Waals surface area contributed by atoms with E-state index in [9.17, 15) is 14.4 Å². The highest BCUT2D eigenvalue weighted by molar-refractivity contribution is 7.99. The molecule has 220 valence electrons. The van der Waals surface area contributed by atoms with Crippen molar-refractivity contribution in [3.8, 4) is 0 Å². The Labute approximate surface area is 256 Å². The van der Waals surface area contributed by atoms with Crippen LogP contribution in [0.2, 0.25) is 0 Å². The van der Waals surface area contributed by atoms with Crippen molar-refractivity contribution in [1.82, 2.24) is 0 Å². The van der Waals surface area contributed by atoms with Crippen LogP contribution in [0.3, 0.4) is 0 Å². The van der Waals surface area contributed by atoms with Gasteiger partial charge in [-0.25, -0.2) is 4.79 Å². The van der Waals surface area contributed by atoms with E-state index >= 15 is 0 Å². The van der Waals surface area contributed by atoms with Gasteiger partial charge in [0.05, 0.1) is 13.2 Å². The molecule has 1 heterocycles. The van der Waals surface area contributed by atoms with E-state index in [-0.39, 0.29) is 23.2 Å². The Morgan fingerprint density at radius 3 is 1.98 bits per heavy atom. The lowest BCUT2D eigenvalue weighted by Gasteiger charge is -2.28. The molecule has 3 aromatic carbocycles. The predicted octanol–water partition coefficient (Wildman–Crippen LogP) is 6.92. The number of carbonyl (C=O) groups excluding carboxylic acids is 3. The number of ketones is 2. The molecule has 43 heavy (non-hydrogen) atoms. The molecule has 0 saturated carbocycles. The minimum absolute atomic E-state index is 0.0210. The highest BCUT2D eigenvalue weighted by Crippen LogP contribution is 2.31. The van der Waals surface area contributed by atoms with Crippen molar-refractivity contribution in [2.24, 2.45) is 11.1 Å². The van der Waals surface area contributed by atoms with Crippen LogP contribution in [0.1, 0.15) is 53.5 Å². The van der Waals surface area contributed by atoms with E-state index in [1.165, 1.54) is 18.7 Å². The summed E-state index contributed by atoms with van der Waals surface area (Å²) in [5.41, 5.74) is 4.70. The molecule has 8 heteroatoms. The minimum Gasteiger partial charge on any atom is -0.378 e. The summed E-state index contributed by atoms with van der Waals surface area (Å²) >= 11 is 1.54. The third-order valence-corrected chi connectivity index (χ3v) is 8.50. The monoisotopic (exact) mass is 594 g/mol. The molecule has 1 fully saturated rings. The van der Waals surface area contributed by atoms with Crippen LogP contribution in [0, 0.1) is 5.92 Å². The van der Waals surface area contributed by atoms with Crippen molar-refractivity contribution in [3.63, 3.8) is 0 Å². The summed E-state index contributed by atoms with van der Waals surface area (Å²) in [6.45, 7) is 8.36. The molecule has 2 aliphatic rings. The van der Waals surface area contributed by atoms with E-state index in [4.69, 9.17) is 9.57 Å². The average Bonchev–Trinajstić information content (AvgIpc) is 3.03. The second-order valence-corrected chi connectivity index (χ2v) is 11.8. The van der Waals surface area contributed by atoms with Gasteiger partial charge in [-0.1, -0.05) is 36.0 Å². The molecule has 0 radical (unpaired) electrons. The van der Waals surface area contributed by atoms with Crippen molar-refractivity contribution in [2.45, 2.75) is 37.0 Å².